The van der Waals surface area contributed by atoms with Gasteiger partial charge >= 0.3 is 0 Å². The van der Waals surface area contributed by atoms with Crippen molar-refractivity contribution in [1.82, 2.24) is 19.7 Å². The van der Waals surface area contributed by atoms with Crippen LogP contribution in [0.15, 0.2) is 65.1 Å². The number of rotatable bonds is 9. The SMILES string of the molecule is CCn1c(SCC(=O)N(Cc2ccc(F)cc2)c2nc(-c3ccccc3)cs2)nnc1C1CC1. The number of anilines is 1. The number of aromatic nitrogens is 4. The Morgan fingerprint density at radius 3 is 2.62 bits per heavy atom. The van der Waals surface area contributed by atoms with Crippen LogP contribution in [0.2, 0.25) is 0 Å². The van der Waals surface area contributed by atoms with Crippen molar-refractivity contribution in [2.24, 2.45) is 0 Å². The lowest BCUT2D eigenvalue weighted by Crippen LogP contribution is -2.32. The van der Waals surface area contributed by atoms with E-state index in [0.717, 1.165) is 47.2 Å². The van der Waals surface area contributed by atoms with Crippen molar-refractivity contribution in [2.75, 3.05) is 10.7 Å². The van der Waals surface area contributed by atoms with Crippen molar-refractivity contribution >= 4 is 34.1 Å². The van der Waals surface area contributed by atoms with Crippen molar-refractivity contribution in [3.63, 3.8) is 0 Å². The number of carbonyl (C=O) groups excluding carboxylic acids is 1. The summed E-state index contributed by atoms with van der Waals surface area (Å²) in [5, 5.41) is 12.0. The predicted molar refractivity (Wildman–Crippen MR) is 134 cm³/mol. The van der Waals surface area contributed by atoms with Gasteiger partial charge in [-0.2, -0.15) is 0 Å². The van der Waals surface area contributed by atoms with E-state index >= 15 is 0 Å². The second kappa shape index (κ2) is 10.1. The highest BCUT2D eigenvalue weighted by Crippen LogP contribution is 2.40. The van der Waals surface area contributed by atoms with Crippen LogP contribution in [0.4, 0.5) is 9.52 Å². The Labute approximate surface area is 205 Å². The van der Waals surface area contributed by atoms with Crippen molar-refractivity contribution in [3.8, 4) is 11.3 Å². The lowest BCUT2D eigenvalue weighted by Gasteiger charge is -2.20. The fourth-order valence-corrected chi connectivity index (χ4v) is 5.45. The number of hydrogen-bond donors (Lipinski definition) is 0. The predicted octanol–water partition coefficient (Wildman–Crippen LogP) is 5.76. The van der Waals surface area contributed by atoms with E-state index in [2.05, 4.69) is 21.7 Å². The van der Waals surface area contributed by atoms with Crippen LogP contribution in [-0.4, -0.2) is 31.4 Å². The van der Waals surface area contributed by atoms with Gasteiger partial charge in [0.2, 0.25) is 5.91 Å². The molecule has 0 spiro atoms. The Balaban J connectivity index is 1.37. The number of halogens is 1. The zero-order valence-corrected chi connectivity index (χ0v) is 20.4. The van der Waals surface area contributed by atoms with E-state index in [1.807, 2.05) is 35.7 Å². The summed E-state index contributed by atoms with van der Waals surface area (Å²) in [6, 6.07) is 16.1. The largest absolute Gasteiger partial charge is 0.306 e. The molecule has 1 aliphatic rings. The molecular weight excluding hydrogens is 469 g/mol. The maximum Gasteiger partial charge on any atom is 0.239 e. The van der Waals surface area contributed by atoms with Gasteiger partial charge in [-0.15, -0.1) is 21.5 Å². The third-order valence-corrected chi connectivity index (χ3v) is 7.49. The molecule has 0 bridgehead atoms. The molecule has 5 rings (SSSR count). The molecule has 2 aromatic carbocycles. The maximum atomic E-state index is 13.4. The number of carbonyl (C=O) groups is 1. The summed E-state index contributed by atoms with van der Waals surface area (Å²) in [4.78, 5) is 19.8. The maximum absolute atomic E-state index is 13.4. The summed E-state index contributed by atoms with van der Waals surface area (Å²) in [5.41, 5.74) is 2.66. The Kier molecular flexibility index (Phi) is 6.73. The standard InChI is InChI=1S/C25H24FN5OS2/c1-2-30-23(19-10-11-19)28-29-25(30)34-16-22(32)31(14-17-8-12-20(26)13-9-17)24-27-21(15-33-24)18-6-4-3-5-7-18/h3-9,12-13,15,19H,2,10-11,14,16H2,1H3. The zero-order chi connectivity index (χ0) is 23.5. The van der Waals surface area contributed by atoms with E-state index in [0.29, 0.717) is 17.6 Å². The fraction of sp³-hybridized carbons (Fsp3) is 0.280. The average Bonchev–Trinajstić information content (AvgIpc) is 3.44. The highest BCUT2D eigenvalue weighted by Gasteiger charge is 2.30. The monoisotopic (exact) mass is 493 g/mol. The van der Waals surface area contributed by atoms with Gasteiger partial charge in [0.1, 0.15) is 11.6 Å². The van der Waals surface area contributed by atoms with E-state index in [9.17, 15) is 9.18 Å². The van der Waals surface area contributed by atoms with Crippen molar-refractivity contribution in [2.45, 2.75) is 43.9 Å². The molecule has 0 atom stereocenters. The van der Waals surface area contributed by atoms with E-state index in [1.165, 1.54) is 35.2 Å². The van der Waals surface area contributed by atoms with E-state index in [1.54, 1.807) is 17.0 Å². The molecule has 2 heterocycles. The first-order valence-corrected chi connectivity index (χ1v) is 13.1. The molecule has 0 aliphatic heterocycles. The van der Waals surface area contributed by atoms with Gasteiger partial charge in [-0.05, 0) is 37.5 Å². The summed E-state index contributed by atoms with van der Waals surface area (Å²) < 4.78 is 15.5. The molecule has 2 aromatic heterocycles. The molecule has 1 fully saturated rings. The third kappa shape index (κ3) is 5.05. The van der Waals surface area contributed by atoms with Crippen LogP contribution in [0.5, 0.6) is 0 Å². The second-order valence-electron chi connectivity index (χ2n) is 8.14. The van der Waals surface area contributed by atoms with Gasteiger partial charge in [0.15, 0.2) is 10.3 Å². The number of thiazole rings is 1. The number of amides is 1. The molecule has 174 valence electrons. The number of nitrogens with zero attached hydrogens (tertiary/aromatic N) is 5. The van der Waals surface area contributed by atoms with Gasteiger partial charge in [0, 0.05) is 23.4 Å². The van der Waals surface area contributed by atoms with Crippen molar-refractivity contribution < 1.29 is 9.18 Å². The molecule has 34 heavy (non-hydrogen) atoms. The lowest BCUT2D eigenvalue weighted by molar-refractivity contribution is -0.116. The van der Waals surface area contributed by atoms with Crippen LogP contribution in [0.3, 0.4) is 0 Å². The average molecular weight is 494 g/mol. The molecule has 0 unspecified atom stereocenters. The van der Waals surface area contributed by atoms with Gasteiger partial charge in [-0.25, -0.2) is 9.37 Å². The highest BCUT2D eigenvalue weighted by molar-refractivity contribution is 7.99. The Morgan fingerprint density at radius 1 is 1.15 bits per heavy atom. The van der Waals surface area contributed by atoms with Crippen LogP contribution in [0.1, 0.15) is 37.1 Å². The summed E-state index contributed by atoms with van der Waals surface area (Å²) in [7, 11) is 0. The van der Waals surface area contributed by atoms with Crippen molar-refractivity contribution in [1.29, 1.82) is 0 Å². The summed E-state index contributed by atoms with van der Waals surface area (Å²) >= 11 is 2.83. The minimum atomic E-state index is -0.303. The molecule has 9 heteroatoms. The molecule has 0 radical (unpaired) electrons. The Bertz CT molecular complexity index is 1270. The first-order valence-electron chi connectivity index (χ1n) is 11.2. The Morgan fingerprint density at radius 2 is 1.91 bits per heavy atom. The number of hydrogen-bond acceptors (Lipinski definition) is 6. The van der Waals surface area contributed by atoms with Gasteiger partial charge in [0.25, 0.3) is 0 Å². The number of thioether (sulfide) groups is 1. The lowest BCUT2D eigenvalue weighted by atomic mass is 10.2. The second-order valence-corrected chi connectivity index (χ2v) is 9.91. The van der Waals surface area contributed by atoms with E-state index in [-0.39, 0.29) is 17.5 Å². The molecular formula is C25H24FN5OS2. The third-order valence-electron chi connectivity index (χ3n) is 5.68. The van der Waals surface area contributed by atoms with Crippen LogP contribution >= 0.6 is 23.1 Å². The normalized spacial score (nSPS) is 13.2. The molecule has 4 aromatic rings. The van der Waals surface area contributed by atoms with Gasteiger partial charge < -0.3 is 4.57 Å². The first kappa shape index (κ1) is 22.7. The zero-order valence-electron chi connectivity index (χ0n) is 18.7. The van der Waals surface area contributed by atoms with Crippen LogP contribution < -0.4 is 4.90 Å². The topological polar surface area (TPSA) is 63.9 Å². The van der Waals surface area contributed by atoms with Gasteiger partial charge in [0.05, 0.1) is 18.0 Å². The number of benzene rings is 2. The summed E-state index contributed by atoms with van der Waals surface area (Å²) in [5.74, 6) is 1.35. The smallest absolute Gasteiger partial charge is 0.239 e. The summed E-state index contributed by atoms with van der Waals surface area (Å²) in [6.45, 7) is 3.17. The molecule has 1 amide bonds. The van der Waals surface area contributed by atoms with Crippen LogP contribution in [-0.2, 0) is 17.9 Å². The highest BCUT2D eigenvalue weighted by atomic mass is 32.2. The van der Waals surface area contributed by atoms with E-state index < -0.39 is 0 Å². The van der Waals surface area contributed by atoms with Gasteiger partial charge in [-0.1, -0.05) is 54.2 Å². The van der Waals surface area contributed by atoms with Crippen molar-refractivity contribution in [3.05, 3.63) is 77.2 Å². The minimum absolute atomic E-state index is 0.0816. The van der Waals surface area contributed by atoms with Crippen LogP contribution in [0, 0.1) is 5.82 Å². The first-order chi connectivity index (χ1) is 16.6. The molecule has 1 aliphatic carbocycles. The van der Waals surface area contributed by atoms with Gasteiger partial charge in [-0.3, -0.25) is 9.69 Å². The summed E-state index contributed by atoms with van der Waals surface area (Å²) in [6.07, 6.45) is 2.31. The molecule has 0 saturated heterocycles. The van der Waals surface area contributed by atoms with E-state index in [4.69, 9.17) is 4.98 Å². The Hall–Kier alpha value is -3.04. The fourth-order valence-electron chi connectivity index (χ4n) is 3.72. The molecule has 0 N–H and O–H groups in total. The quantitative estimate of drug-likeness (QED) is 0.277. The van der Waals surface area contributed by atoms with Crippen LogP contribution in [0.25, 0.3) is 11.3 Å². The molecule has 6 nitrogen and oxygen atoms in total. The molecule has 1 saturated carbocycles. The minimum Gasteiger partial charge on any atom is -0.306 e.